The SMILES string of the molecule is C[C@@]1(N=[N+]=[N-])[C@H](O)[C@@H](COP(O)(=S)OP(=O)(O)OC2OC([C@@H](F)CO)C(O)C(O)C2O)O[C@H]1n1cnc2c(N)ncnc21. The molecule has 43 heavy (non-hydrogen) atoms. The molecule has 0 bridgehead atoms. The number of nitrogens with zero attached hydrogens (tertiary/aromatic N) is 7. The molecule has 4 rings (SSSR count). The van der Waals surface area contributed by atoms with E-state index in [1.165, 1.54) is 17.8 Å². The second kappa shape index (κ2) is 12.8. The maximum atomic E-state index is 13.9. The Bertz CT molecular complexity index is 1470. The Morgan fingerprint density at radius 1 is 1.26 bits per heavy atom. The van der Waals surface area contributed by atoms with Crippen molar-refractivity contribution in [2.24, 2.45) is 5.11 Å². The standard InChI is InChI=1S/C18H27FN8O13P2S/c1-18(25-26-21)13(32)7(37-17(18)27-5-24-8-14(20)22-4-23-15(8)27)3-36-42(35,43)40-41(33,34)39-16-11(31)9(29)10(30)12(38-16)6(19)2-28/h4-7,9-13,16-17,28-32H,2-3H2,1H3,(H,33,34)(H,35,43)(H2,20,22,23)/t6-,7+,9?,10?,11?,12?,13+,16?,17+,18+,42?/m0/s1. The van der Waals surface area contributed by atoms with E-state index >= 15 is 0 Å². The van der Waals surface area contributed by atoms with E-state index in [9.17, 15) is 39.2 Å². The van der Waals surface area contributed by atoms with Gasteiger partial charge in [0.2, 0.25) is 0 Å². The molecule has 2 aromatic heterocycles. The minimum Gasteiger partial charge on any atom is -0.393 e. The number of ether oxygens (including phenoxy) is 2. The van der Waals surface area contributed by atoms with Gasteiger partial charge in [0.05, 0.1) is 25.6 Å². The quantitative estimate of drug-likeness (QED) is 0.0565. The topological polar surface area (TPSA) is 323 Å². The first-order valence-corrected chi connectivity index (χ1v) is 16.1. The van der Waals surface area contributed by atoms with Gasteiger partial charge in [0.1, 0.15) is 47.9 Å². The molecule has 4 heterocycles. The summed E-state index contributed by atoms with van der Waals surface area (Å²) in [7, 11) is -5.53. The summed E-state index contributed by atoms with van der Waals surface area (Å²) in [6.07, 6.45) is -14.9. The summed E-state index contributed by atoms with van der Waals surface area (Å²) in [5.41, 5.74) is 13.6. The smallest absolute Gasteiger partial charge is 0.393 e. The normalized spacial score (nSPS) is 36.5. The number of hydrogen-bond donors (Lipinski definition) is 8. The molecule has 9 N–H and O–H groups in total. The number of aliphatic hydroxyl groups is 5. The molecule has 0 aromatic carbocycles. The number of aromatic nitrogens is 4. The molecule has 12 atom stereocenters. The molecule has 2 saturated heterocycles. The van der Waals surface area contributed by atoms with Crippen LogP contribution in [0.15, 0.2) is 17.8 Å². The van der Waals surface area contributed by atoms with Crippen molar-refractivity contribution in [1.29, 1.82) is 0 Å². The summed E-state index contributed by atoms with van der Waals surface area (Å²) >= 11 is 4.74. The lowest BCUT2D eigenvalue weighted by atomic mass is 9.93. The van der Waals surface area contributed by atoms with Crippen molar-refractivity contribution in [3.8, 4) is 0 Å². The number of alkyl halides is 1. The average molecular weight is 676 g/mol. The first-order valence-electron chi connectivity index (χ1n) is 12.0. The van der Waals surface area contributed by atoms with Crippen molar-refractivity contribution >= 4 is 43.3 Å². The molecule has 0 spiro atoms. The zero-order valence-corrected chi connectivity index (χ0v) is 24.3. The van der Waals surface area contributed by atoms with E-state index in [4.69, 9.17) is 42.2 Å². The molecule has 2 aromatic rings. The van der Waals surface area contributed by atoms with E-state index in [-0.39, 0.29) is 17.0 Å². The Hall–Kier alpha value is -2.01. The molecule has 7 unspecified atom stereocenters. The summed E-state index contributed by atoms with van der Waals surface area (Å²) in [6, 6.07) is 0. The van der Waals surface area contributed by atoms with Crippen LogP contribution >= 0.6 is 14.5 Å². The lowest BCUT2D eigenvalue weighted by molar-refractivity contribution is -0.287. The minimum atomic E-state index is -5.53. The van der Waals surface area contributed by atoms with E-state index in [0.29, 0.717) is 0 Å². The van der Waals surface area contributed by atoms with Gasteiger partial charge in [0.15, 0.2) is 30.2 Å². The number of fused-ring (bicyclic) bond motifs is 1. The van der Waals surface area contributed by atoms with Gasteiger partial charge in [0.25, 0.3) is 0 Å². The Morgan fingerprint density at radius 2 is 1.95 bits per heavy atom. The molecule has 0 saturated carbocycles. The molecule has 2 aliphatic rings. The zero-order valence-electron chi connectivity index (χ0n) is 21.7. The molecule has 25 heteroatoms. The second-order valence-electron chi connectivity index (χ2n) is 9.53. The van der Waals surface area contributed by atoms with E-state index < -0.39 is 88.6 Å². The first kappa shape index (κ1) is 33.9. The Balaban J connectivity index is 1.46. The van der Waals surface area contributed by atoms with E-state index in [2.05, 4.69) is 33.8 Å². The molecule has 0 aliphatic carbocycles. The second-order valence-corrected chi connectivity index (χ2v) is 13.9. The Kier molecular flexibility index (Phi) is 10.1. The van der Waals surface area contributed by atoms with Crippen molar-refractivity contribution < 1.29 is 67.1 Å². The zero-order chi connectivity index (χ0) is 31.9. The number of phosphoric ester groups is 1. The molecule has 0 radical (unpaired) electrons. The number of aliphatic hydroxyl groups excluding tert-OH is 5. The number of nitrogens with two attached hydrogens (primary N) is 1. The van der Waals surface area contributed by atoms with Crippen molar-refractivity contribution in [1.82, 2.24) is 19.5 Å². The van der Waals surface area contributed by atoms with Crippen LogP contribution in [0, 0.1) is 0 Å². The largest absolute Gasteiger partial charge is 0.481 e. The fraction of sp³-hybridized carbons (Fsp3) is 0.722. The summed E-state index contributed by atoms with van der Waals surface area (Å²) < 4.78 is 52.7. The number of nitrogen functional groups attached to an aromatic ring is 1. The Labute approximate surface area is 245 Å². The van der Waals surface area contributed by atoms with Crippen LogP contribution in [0.2, 0.25) is 0 Å². The maximum Gasteiger partial charge on any atom is 0.481 e. The predicted molar refractivity (Wildman–Crippen MR) is 140 cm³/mol. The van der Waals surface area contributed by atoms with Crippen LogP contribution in [-0.2, 0) is 39.2 Å². The maximum absolute atomic E-state index is 13.9. The van der Waals surface area contributed by atoms with E-state index in [1.807, 2.05) is 0 Å². The van der Waals surface area contributed by atoms with Crippen LogP contribution in [0.3, 0.4) is 0 Å². The number of phosphoric acid groups is 1. The fourth-order valence-electron chi connectivity index (χ4n) is 4.46. The van der Waals surface area contributed by atoms with Gasteiger partial charge in [0, 0.05) is 4.91 Å². The molecular formula is C18H27FN8O13P2S. The number of rotatable bonds is 11. The molecule has 2 aliphatic heterocycles. The van der Waals surface area contributed by atoms with Gasteiger partial charge < -0.3 is 55.1 Å². The van der Waals surface area contributed by atoms with Crippen LogP contribution in [0.4, 0.5) is 10.2 Å². The third-order valence-electron chi connectivity index (χ3n) is 6.64. The number of azide groups is 1. The summed E-state index contributed by atoms with van der Waals surface area (Å²) in [4.78, 5) is 35.3. The third-order valence-corrected chi connectivity index (χ3v) is 10.2. The highest BCUT2D eigenvalue weighted by molar-refractivity contribution is 8.08. The van der Waals surface area contributed by atoms with Gasteiger partial charge in [-0.3, -0.25) is 9.09 Å². The predicted octanol–water partition coefficient (Wildman–Crippen LogP) is -1.76. The number of hydrogen-bond acceptors (Lipinski definition) is 17. The van der Waals surface area contributed by atoms with Gasteiger partial charge in [-0.15, -0.1) is 0 Å². The molecular weight excluding hydrogens is 649 g/mol. The van der Waals surface area contributed by atoms with Gasteiger partial charge in [-0.25, -0.2) is 28.2 Å². The average Bonchev–Trinajstić information content (AvgIpc) is 3.46. The molecule has 2 fully saturated rings. The fourth-order valence-corrected chi connectivity index (χ4v) is 7.56. The third kappa shape index (κ3) is 6.82. The van der Waals surface area contributed by atoms with E-state index in [1.54, 1.807) is 0 Å². The highest BCUT2D eigenvalue weighted by atomic mass is 32.5. The molecule has 21 nitrogen and oxygen atoms in total. The van der Waals surface area contributed by atoms with Crippen LogP contribution in [-0.4, -0.2) is 123 Å². The van der Waals surface area contributed by atoms with Crippen LogP contribution in [0.5, 0.6) is 0 Å². The highest BCUT2D eigenvalue weighted by Crippen LogP contribution is 2.62. The minimum absolute atomic E-state index is 0.0340. The van der Waals surface area contributed by atoms with E-state index in [0.717, 1.165) is 6.33 Å². The Morgan fingerprint density at radius 3 is 2.60 bits per heavy atom. The summed E-state index contributed by atoms with van der Waals surface area (Å²) in [6.45, 7) is -5.39. The number of imidazole rings is 1. The van der Waals surface area contributed by atoms with Crippen molar-refractivity contribution in [2.45, 2.75) is 67.8 Å². The van der Waals surface area contributed by atoms with Crippen molar-refractivity contribution in [3.63, 3.8) is 0 Å². The first-order chi connectivity index (χ1) is 20.0. The lowest BCUT2D eigenvalue weighted by Gasteiger charge is -2.41. The van der Waals surface area contributed by atoms with Crippen molar-refractivity contribution in [2.75, 3.05) is 18.9 Å². The monoisotopic (exact) mass is 676 g/mol. The summed E-state index contributed by atoms with van der Waals surface area (Å²) in [5, 5.41) is 53.5. The van der Waals surface area contributed by atoms with Crippen LogP contribution in [0.1, 0.15) is 13.2 Å². The van der Waals surface area contributed by atoms with Gasteiger partial charge in [-0.2, -0.15) is 0 Å². The van der Waals surface area contributed by atoms with Crippen molar-refractivity contribution in [3.05, 3.63) is 23.1 Å². The molecule has 0 amide bonds. The van der Waals surface area contributed by atoms with Gasteiger partial charge in [-0.1, -0.05) is 5.11 Å². The number of halogens is 1. The van der Waals surface area contributed by atoms with Gasteiger partial charge >= 0.3 is 14.5 Å². The summed E-state index contributed by atoms with van der Waals surface area (Å²) in [5.74, 6) is 0.0340. The van der Waals surface area contributed by atoms with Crippen LogP contribution < -0.4 is 5.73 Å². The van der Waals surface area contributed by atoms with Gasteiger partial charge in [-0.05, 0) is 24.3 Å². The lowest BCUT2D eigenvalue weighted by Crippen LogP contribution is -2.60. The molecule has 240 valence electrons. The highest BCUT2D eigenvalue weighted by Gasteiger charge is 2.55. The van der Waals surface area contributed by atoms with Crippen LogP contribution in [0.25, 0.3) is 21.6 Å². The number of anilines is 1.